The number of benzene rings is 1. The lowest BCUT2D eigenvalue weighted by Crippen LogP contribution is -2.48. The van der Waals surface area contributed by atoms with Crippen molar-refractivity contribution in [2.24, 2.45) is 0 Å². The Balaban J connectivity index is 1.96. The number of methoxy groups -OCH3 is 1. The second-order valence-electron chi connectivity index (χ2n) is 9.47. The molecule has 5 heteroatoms. The first-order valence-electron chi connectivity index (χ1n) is 10.3. The number of fused-ring (bicyclic) bond motifs is 3. The van der Waals surface area contributed by atoms with E-state index in [1.54, 1.807) is 7.11 Å². The van der Waals surface area contributed by atoms with E-state index in [9.17, 15) is 0 Å². The highest BCUT2D eigenvalue weighted by Crippen LogP contribution is 2.54. The van der Waals surface area contributed by atoms with Crippen molar-refractivity contribution in [2.45, 2.75) is 44.8 Å². The van der Waals surface area contributed by atoms with Gasteiger partial charge in [0, 0.05) is 20.9 Å². The third-order valence-electron chi connectivity index (χ3n) is 6.09. The van der Waals surface area contributed by atoms with Crippen LogP contribution in [0.3, 0.4) is 0 Å². The summed E-state index contributed by atoms with van der Waals surface area (Å²) in [6.45, 7) is 16.1. The summed E-state index contributed by atoms with van der Waals surface area (Å²) >= 11 is 3.74. The van der Waals surface area contributed by atoms with Crippen LogP contribution in [0, 0.1) is 0 Å². The summed E-state index contributed by atoms with van der Waals surface area (Å²) in [4.78, 5) is 2.91. The fraction of sp³-hybridized carbons (Fsp3) is 0.360. The van der Waals surface area contributed by atoms with Crippen LogP contribution in [0.1, 0.15) is 43.0 Å². The molecule has 0 fully saturated rings. The van der Waals surface area contributed by atoms with E-state index < -0.39 is 8.07 Å². The Labute approximate surface area is 189 Å². The molecule has 0 bridgehead atoms. The van der Waals surface area contributed by atoms with E-state index in [-0.39, 0.29) is 5.41 Å². The quantitative estimate of drug-likeness (QED) is 0.296. The van der Waals surface area contributed by atoms with Crippen LogP contribution in [-0.2, 0) is 5.41 Å². The van der Waals surface area contributed by atoms with Crippen LogP contribution in [-0.4, -0.2) is 21.8 Å². The van der Waals surface area contributed by atoms with Crippen LogP contribution in [0.25, 0.3) is 9.75 Å². The van der Waals surface area contributed by atoms with Crippen LogP contribution in [0.5, 0.6) is 11.5 Å². The first-order valence-corrected chi connectivity index (χ1v) is 15.2. The van der Waals surface area contributed by atoms with Crippen molar-refractivity contribution in [1.29, 1.82) is 0 Å². The molecule has 0 aliphatic heterocycles. The maximum atomic E-state index is 6.39. The Kier molecular flexibility index (Phi) is 5.50. The maximum absolute atomic E-state index is 6.39. The van der Waals surface area contributed by atoms with E-state index in [4.69, 9.17) is 9.47 Å². The van der Waals surface area contributed by atoms with Gasteiger partial charge in [-0.25, -0.2) is 0 Å². The average molecular weight is 455 g/mol. The third kappa shape index (κ3) is 3.37. The number of thiophene rings is 2. The molecule has 3 aromatic rings. The molecule has 0 saturated heterocycles. The zero-order valence-corrected chi connectivity index (χ0v) is 21.3. The van der Waals surface area contributed by atoms with Gasteiger partial charge in [0.25, 0.3) is 0 Å². The molecule has 30 heavy (non-hydrogen) atoms. The van der Waals surface area contributed by atoms with Gasteiger partial charge in [0.2, 0.25) is 0 Å². The molecule has 1 aromatic carbocycles. The molecule has 2 nitrogen and oxygen atoms in total. The van der Waals surface area contributed by atoms with E-state index in [1.807, 2.05) is 28.7 Å². The number of rotatable bonds is 6. The second-order valence-corrected chi connectivity index (χ2v) is 15.9. The lowest BCUT2D eigenvalue weighted by atomic mass is 9.86. The van der Waals surface area contributed by atoms with E-state index in [0.717, 1.165) is 11.5 Å². The molecule has 2 aromatic heterocycles. The number of ether oxygens (including phenoxy) is 2. The topological polar surface area (TPSA) is 18.5 Å². The molecular formula is C25H30O2S2Si. The third-order valence-corrected chi connectivity index (χ3v) is 11.9. The van der Waals surface area contributed by atoms with Gasteiger partial charge in [-0.2, -0.15) is 0 Å². The lowest BCUT2D eigenvalue weighted by Gasteiger charge is -2.35. The van der Waals surface area contributed by atoms with Crippen LogP contribution in [0.4, 0.5) is 0 Å². The van der Waals surface area contributed by atoms with Crippen LogP contribution >= 0.6 is 22.7 Å². The number of hydrogen-bond acceptors (Lipinski definition) is 4. The summed E-state index contributed by atoms with van der Waals surface area (Å²) in [6.07, 6.45) is 1.83. The van der Waals surface area contributed by atoms with Gasteiger partial charge in [0.15, 0.2) is 0 Å². The van der Waals surface area contributed by atoms with E-state index in [1.165, 1.54) is 31.6 Å². The molecule has 0 N–H and O–H groups in total. The van der Waals surface area contributed by atoms with Gasteiger partial charge in [-0.05, 0) is 56.8 Å². The van der Waals surface area contributed by atoms with Crippen LogP contribution in [0.15, 0.2) is 47.7 Å². The SMILES string of the molecule is C=CCOc1c(C(C)(C)C)cc(OC)cc1[Si](C)(C)C1c2ccsc2-c2sccc21. The second kappa shape index (κ2) is 7.70. The minimum absolute atomic E-state index is 0.0545. The van der Waals surface area contributed by atoms with Crippen molar-refractivity contribution in [1.82, 2.24) is 0 Å². The lowest BCUT2D eigenvalue weighted by molar-refractivity contribution is 0.351. The standard InChI is InChI=1S/C25H30O2S2Si/c1-8-11-27-21-19(25(2,3)4)14-16(26-5)15-20(21)30(6,7)24-17-9-12-28-22(17)23-18(24)10-13-29-23/h8-10,12-15,24H,1,11H2,2-7H3. The zero-order chi connectivity index (χ0) is 21.7. The van der Waals surface area contributed by atoms with E-state index in [0.29, 0.717) is 12.1 Å². The molecule has 0 unspecified atom stereocenters. The monoisotopic (exact) mass is 454 g/mol. The Morgan fingerprint density at radius 3 is 2.17 bits per heavy atom. The zero-order valence-electron chi connectivity index (χ0n) is 18.7. The Morgan fingerprint density at radius 1 is 1.07 bits per heavy atom. The highest BCUT2D eigenvalue weighted by atomic mass is 32.1. The van der Waals surface area contributed by atoms with Gasteiger partial charge >= 0.3 is 0 Å². The Morgan fingerprint density at radius 2 is 1.67 bits per heavy atom. The predicted octanol–water partition coefficient (Wildman–Crippen LogP) is 6.95. The molecule has 0 spiro atoms. The number of hydrogen-bond donors (Lipinski definition) is 0. The fourth-order valence-corrected chi connectivity index (χ4v) is 10.6. The summed E-state index contributed by atoms with van der Waals surface area (Å²) in [6, 6.07) is 9.05. The van der Waals surface area contributed by atoms with Crippen molar-refractivity contribution in [3.05, 3.63) is 64.4 Å². The van der Waals surface area contributed by atoms with Crippen LogP contribution < -0.4 is 14.7 Å². The maximum Gasteiger partial charge on any atom is 0.123 e. The molecule has 0 saturated carbocycles. The molecular weight excluding hydrogens is 424 g/mol. The molecule has 2 heterocycles. The largest absolute Gasteiger partial charge is 0.497 e. The Bertz CT molecular complexity index is 1040. The summed E-state index contributed by atoms with van der Waals surface area (Å²) < 4.78 is 12.2. The fourth-order valence-electron chi connectivity index (χ4n) is 4.62. The summed E-state index contributed by atoms with van der Waals surface area (Å²) in [7, 11) is -0.297. The predicted molar refractivity (Wildman–Crippen MR) is 134 cm³/mol. The van der Waals surface area contributed by atoms with Gasteiger partial charge in [0.1, 0.15) is 18.1 Å². The average Bonchev–Trinajstić information content (AvgIpc) is 3.38. The van der Waals surface area contributed by atoms with Gasteiger partial charge in [-0.15, -0.1) is 22.7 Å². The highest BCUT2D eigenvalue weighted by Gasteiger charge is 2.45. The molecule has 0 atom stereocenters. The molecule has 4 rings (SSSR count). The molecule has 1 aliphatic rings. The molecule has 158 valence electrons. The molecule has 0 amide bonds. The van der Waals surface area contributed by atoms with Crippen molar-refractivity contribution in [3.8, 4) is 21.3 Å². The molecule has 0 radical (unpaired) electrons. The minimum atomic E-state index is -2.05. The van der Waals surface area contributed by atoms with Crippen molar-refractivity contribution in [2.75, 3.05) is 13.7 Å². The minimum Gasteiger partial charge on any atom is -0.497 e. The van der Waals surface area contributed by atoms with Crippen LogP contribution in [0.2, 0.25) is 13.1 Å². The van der Waals surface area contributed by atoms with E-state index in [2.05, 4.69) is 75.5 Å². The van der Waals surface area contributed by atoms with Crippen molar-refractivity contribution >= 4 is 35.9 Å². The van der Waals surface area contributed by atoms with Crippen molar-refractivity contribution < 1.29 is 9.47 Å². The van der Waals surface area contributed by atoms with Gasteiger partial charge in [-0.3, -0.25) is 0 Å². The van der Waals surface area contributed by atoms with Crippen molar-refractivity contribution in [3.63, 3.8) is 0 Å². The first-order chi connectivity index (χ1) is 14.2. The van der Waals surface area contributed by atoms with Gasteiger partial charge < -0.3 is 9.47 Å². The van der Waals surface area contributed by atoms with Gasteiger partial charge in [-0.1, -0.05) is 46.5 Å². The molecule has 1 aliphatic carbocycles. The van der Waals surface area contributed by atoms with Gasteiger partial charge in [0.05, 0.1) is 15.2 Å². The first kappa shape index (κ1) is 21.4. The summed E-state index contributed by atoms with van der Waals surface area (Å²) in [5, 5.41) is 5.81. The normalized spacial score (nSPS) is 13.8. The smallest absolute Gasteiger partial charge is 0.123 e. The van der Waals surface area contributed by atoms with E-state index >= 15 is 0 Å². The highest BCUT2D eigenvalue weighted by molar-refractivity contribution is 7.21. The Hall–Kier alpha value is -1.82. The summed E-state index contributed by atoms with van der Waals surface area (Å²) in [5.41, 5.74) is 4.56. The summed E-state index contributed by atoms with van der Waals surface area (Å²) in [5.74, 6) is 1.94.